The molecule has 2 aromatic rings. The number of carbonyl (C=O) groups excluding carboxylic acids is 1. The van der Waals surface area contributed by atoms with Gasteiger partial charge in [-0.15, -0.1) is 0 Å². The molecule has 23 heavy (non-hydrogen) atoms. The molecule has 2 rings (SSSR count). The summed E-state index contributed by atoms with van der Waals surface area (Å²) >= 11 is 6.28. The first-order valence-electron chi connectivity index (χ1n) is 6.68. The Hall–Kier alpha value is -1.57. The van der Waals surface area contributed by atoms with E-state index < -0.39 is 12.1 Å². The fraction of sp³-hybridized carbons (Fsp3) is 0.188. The van der Waals surface area contributed by atoms with Crippen molar-refractivity contribution in [3.63, 3.8) is 0 Å². The van der Waals surface area contributed by atoms with Crippen LogP contribution in [0.15, 0.2) is 51.4 Å². The summed E-state index contributed by atoms with van der Waals surface area (Å²) in [6.07, 6.45) is -0.942. The number of phenolic OH excluding ortho intramolecular Hbond substituents is 1. The Bertz CT molecular complexity index is 652. The molecule has 5 nitrogen and oxygen atoms in total. The van der Waals surface area contributed by atoms with Crippen molar-refractivity contribution in [1.82, 2.24) is 0 Å². The van der Waals surface area contributed by atoms with Gasteiger partial charge in [0.25, 0.3) is 0 Å². The van der Waals surface area contributed by atoms with E-state index in [0.29, 0.717) is 14.7 Å². The SMILES string of the molecule is O=C(OCC(O)COc1ccccc1)c1cc(Br)c(O)c(Br)c1. The Kier molecular flexibility index (Phi) is 6.44. The summed E-state index contributed by atoms with van der Waals surface area (Å²) in [5, 5.41) is 19.4. The van der Waals surface area contributed by atoms with Crippen LogP contribution in [0.25, 0.3) is 0 Å². The molecule has 0 radical (unpaired) electrons. The van der Waals surface area contributed by atoms with Gasteiger partial charge in [-0.05, 0) is 56.1 Å². The zero-order valence-corrected chi connectivity index (χ0v) is 15.1. The number of esters is 1. The summed E-state index contributed by atoms with van der Waals surface area (Å²) in [4.78, 5) is 11.9. The van der Waals surface area contributed by atoms with Crippen molar-refractivity contribution in [2.45, 2.75) is 6.10 Å². The normalized spacial score (nSPS) is 11.8. The number of aliphatic hydroxyl groups is 1. The molecule has 0 aliphatic heterocycles. The minimum Gasteiger partial charge on any atom is -0.506 e. The lowest BCUT2D eigenvalue weighted by Gasteiger charge is -2.13. The molecule has 0 heterocycles. The average Bonchev–Trinajstić information content (AvgIpc) is 2.56. The first-order valence-corrected chi connectivity index (χ1v) is 8.27. The van der Waals surface area contributed by atoms with Crippen LogP contribution >= 0.6 is 31.9 Å². The molecule has 1 atom stereocenters. The molecule has 0 aliphatic carbocycles. The van der Waals surface area contributed by atoms with Crippen LogP contribution in [0.3, 0.4) is 0 Å². The van der Waals surface area contributed by atoms with E-state index in [1.54, 1.807) is 12.1 Å². The van der Waals surface area contributed by atoms with Gasteiger partial charge in [-0.1, -0.05) is 18.2 Å². The first kappa shape index (κ1) is 17.8. The van der Waals surface area contributed by atoms with Crippen molar-refractivity contribution >= 4 is 37.8 Å². The third kappa shape index (κ3) is 5.23. The molecule has 2 N–H and O–H groups in total. The Balaban J connectivity index is 1.84. The van der Waals surface area contributed by atoms with E-state index in [1.165, 1.54) is 12.1 Å². The number of halogens is 2. The zero-order chi connectivity index (χ0) is 16.8. The van der Waals surface area contributed by atoms with Crippen LogP contribution < -0.4 is 4.74 Å². The van der Waals surface area contributed by atoms with Crippen LogP contribution in [0, 0.1) is 0 Å². The largest absolute Gasteiger partial charge is 0.506 e. The molecule has 0 aromatic heterocycles. The molecule has 0 aliphatic rings. The van der Waals surface area contributed by atoms with Gasteiger partial charge in [0.15, 0.2) is 0 Å². The van der Waals surface area contributed by atoms with E-state index in [2.05, 4.69) is 31.9 Å². The van der Waals surface area contributed by atoms with E-state index in [9.17, 15) is 15.0 Å². The molecule has 0 spiro atoms. The van der Waals surface area contributed by atoms with Gasteiger partial charge in [-0.2, -0.15) is 0 Å². The molecule has 0 saturated heterocycles. The number of hydrogen-bond donors (Lipinski definition) is 2. The summed E-state index contributed by atoms with van der Waals surface area (Å²) in [6.45, 7) is -0.179. The first-order chi connectivity index (χ1) is 11.0. The number of para-hydroxylation sites is 1. The third-order valence-corrected chi connectivity index (χ3v) is 4.05. The van der Waals surface area contributed by atoms with Crippen molar-refractivity contribution in [3.05, 3.63) is 57.0 Å². The van der Waals surface area contributed by atoms with Crippen molar-refractivity contribution in [2.75, 3.05) is 13.2 Å². The van der Waals surface area contributed by atoms with Gasteiger partial charge in [0.1, 0.15) is 30.8 Å². The number of rotatable bonds is 6. The van der Waals surface area contributed by atoms with E-state index in [-0.39, 0.29) is 24.5 Å². The van der Waals surface area contributed by atoms with Crippen molar-refractivity contribution in [2.24, 2.45) is 0 Å². The second-order valence-electron chi connectivity index (χ2n) is 4.66. The molecular formula is C16H14Br2O5. The smallest absolute Gasteiger partial charge is 0.338 e. The predicted molar refractivity (Wildman–Crippen MR) is 91.7 cm³/mol. The maximum atomic E-state index is 11.9. The minimum absolute atomic E-state index is 0.00199. The fourth-order valence-electron chi connectivity index (χ4n) is 1.70. The van der Waals surface area contributed by atoms with Gasteiger partial charge in [-0.3, -0.25) is 0 Å². The highest BCUT2D eigenvalue weighted by molar-refractivity contribution is 9.11. The van der Waals surface area contributed by atoms with Crippen LogP contribution in [0.5, 0.6) is 11.5 Å². The molecule has 1 unspecified atom stereocenters. The number of hydrogen-bond acceptors (Lipinski definition) is 5. The molecule has 0 fully saturated rings. The molecular weight excluding hydrogens is 432 g/mol. The summed E-state index contributed by atoms with van der Waals surface area (Å²) in [5.41, 5.74) is 0.248. The van der Waals surface area contributed by atoms with Gasteiger partial charge in [-0.25, -0.2) is 4.79 Å². The van der Waals surface area contributed by atoms with Gasteiger partial charge in [0.2, 0.25) is 0 Å². The number of benzene rings is 2. The van der Waals surface area contributed by atoms with Gasteiger partial charge < -0.3 is 19.7 Å². The Morgan fingerprint density at radius 2 is 1.70 bits per heavy atom. The monoisotopic (exact) mass is 444 g/mol. The van der Waals surface area contributed by atoms with Crippen molar-refractivity contribution < 1.29 is 24.5 Å². The molecule has 2 aromatic carbocycles. The van der Waals surface area contributed by atoms with Crippen LogP contribution in [0.1, 0.15) is 10.4 Å². The van der Waals surface area contributed by atoms with Gasteiger partial charge in [0, 0.05) is 0 Å². The Labute approximate surface area is 150 Å². The number of ether oxygens (including phenoxy) is 2. The highest BCUT2D eigenvalue weighted by atomic mass is 79.9. The lowest BCUT2D eigenvalue weighted by atomic mass is 10.2. The highest BCUT2D eigenvalue weighted by Gasteiger charge is 2.15. The highest BCUT2D eigenvalue weighted by Crippen LogP contribution is 2.33. The standard InChI is InChI=1S/C16H14Br2O5/c17-13-6-10(7-14(18)15(13)20)16(21)23-9-11(19)8-22-12-4-2-1-3-5-12/h1-7,11,19-20H,8-9H2. The van der Waals surface area contributed by atoms with E-state index in [4.69, 9.17) is 9.47 Å². The lowest BCUT2D eigenvalue weighted by molar-refractivity contribution is 0.0130. The molecule has 0 bridgehead atoms. The average molecular weight is 446 g/mol. The van der Waals surface area contributed by atoms with Crippen LogP contribution in [-0.4, -0.2) is 35.5 Å². The van der Waals surface area contributed by atoms with E-state index in [1.807, 2.05) is 18.2 Å². The van der Waals surface area contributed by atoms with E-state index >= 15 is 0 Å². The summed E-state index contributed by atoms with van der Waals surface area (Å²) in [7, 11) is 0. The molecule has 122 valence electrons. The maximum absolute atomic E-state index is 11.9. The summed E-state index contributed by atoms with van der Waals surface area (Å²) in [6, 6.07) is 11.9. The summed E-state index contributed by atoms with van der Waals surface area (Å²) in [5.74, 6) is 0.0206. The molecule has 0 saturated carbocycles. The van der Waals surface area contributed by atoms with Crippen LogP contribution in [0.4, 0.5) is 0 Å². The third-order valence-electron chi connectivity index (χ3n) is 2.85. The fourth-order valence-corrected chi connectivity index (χ4v) is 2.88. The topological polar surface area (TPSA) is 76.0 Å². The summed E-state index contributed by atoms with van der Waals surface area (Å²) < 4.78 is 11.1. The predicted octanol–water partition coefficient (Wildman–Crippen LogP) is 3.51. The van der Waals surface area contributed by atoms with Gasteiger partial charge in [0.05, 0.1) is 14.5 Å². The second-order valence-corrected chi connectivity index (χ2v) is 6.37. The van der Waals surface area contributed by atoms with Crippen molar-refractivity contribution in [3.8, 4) is 11.5 Å². The van der Waals surface area contributed by atoms with Crippen LogP contribution in [0.2, 0.25) is 0 Å². The zero-order valence-electron chi connectivity index (χ0n) is 11.9. The lowest BCUT2D eigenvalue weighted by Crippen LogP contribution is -2.25. The van der Waals surface area contributed by atoms with E-state index in [0.717, 1.165) is 0 Å². The molecule has 7 heteroatoms. The van der Waals surface area contributed by atoms with Crippen molar-refractivity contribution in [1.29, 1.82) is 0 Å². The van der Waals surface area contributed by atoms with Crippen LogP contribution in [-0.2, 0) is 4.74 Å². The quantitative estimate of drug-likeness (QED) is 0.665. The number of carbonyl (C=O) groups is 1. The van der Waals surface area contributed by atoms with Gasteiger partial charge >= 0.3 is 5.97 Å². The Morgan fingerprint density at radius 1 is 1.09 bits per heavy atom. The number of aliphatic hydroxyl groups excluding tert-OH is 1. The Morgan fingerprint density at radius 3 is 2.30 bits per heavy atom. The second kappa shape index (κ2) is 8.33. The molecule has 0 amide bonds. The number of phenols is 1. The number of aromatic hydroxyl groups is 1. The maximum Gasteiger partial charge on any atom is 0.338 e. The minimum atomic E-state index is -0.942.